The zero-order valence-electron chi connectivity index (χ0n) is 9.77. The Bertz CT molecular complexity index is 353. The molecule has 1 aromatic carbocycles. The zero-order valence-corrected chi connectivity index (χ0v) is 9.77. The molecule has 1 aromatic rings. The number of nitrogens with zero attached hydrogens (tertiary/aromatic N) is 1. The Labute approximate surface area is 96.0 Å². The van der Waals surface area contributed by atoms with Crippen molar-refractivity contribution in [2.75, 3.05) is 20.7 Å². The molecule has 4 nitrogen and oxygen atoms in total. The number of primary amides is 1. The van der Waals surface area contributed by atoms with Gasteiger partial charge >= 0.3 is 0 Å². The van der Waals surface area contributed by atoms with E-state index in [9.17, 15) is 4.79 Å². The molecule has 0 saturated carbocycles. The van der Waals surface area contributed by atoms with Crippen LogP contribution in [0.4, 0.5) is 0 Å². The van der Waals surface area contributed by atoms with Crippen LogP contribution in [0.1, 0.15) is 12.0 Å². The van der Waals surface area contributed by atoms with Gasteiger partial charge in [-0.25, -0.2) is 0 Å². The summed E-state index contributed by atoms with van der Waals surface area (Å²) in [5, 5.41) is 0. The fourth-order valence-electron chi connectivity index (χ4n) is 1.50. The molecule has 88 valence electrons. The minimum Gasteiger partial charge on any atom is -0.496 e. The number of ether oxygens (including phenoxy) is 1. The molecule has 0 aromatic heterocycles. The van der Waals surface area contributed by atoms with Gasteiger partial charge in [-0.3, -0.25) is 4.79 Å². The number of benzene rings is 1. The van der Waals surface area contributed by atoms with Crippen molar-refractivity contribution in [2.24, 2.45) is 5.73 Å². The quantitative estimate of drug-likeness (QED) is 0.781. The molecule has 0 aliphatic rings. The van der Waals surface area contributed by atoms with Gasteiger partial charge in [0.05, 0.1) is 7.11 Å². The van der Waals surface area contributed by atoms with Crippen LogP contribution < -0.4 is 10.5 Å². The van der Waals surface area contributed by atoms with Gasteiger partial charge in [0.15, 0.2) is 0 Å². The van der Waals surface area contributed by atoms with E-state index in [0.29, 0.717) is 13.0 Å². The summed E-state index contributed by atoms with van der Waals surface area (Å²) in [6.07, 6.45) is 0.381. The third-order valence-corrected chi connectivity index (χ3v) is 2.37. The van der Waals surface area contributed by atoms with Crippen LogP contribution in [-0.2, 0) is 11.3 Å². The molecule has 2 N–H and O–H groups in total. The van der Waals surface area contributed by atoms with Crippen molar-refractivity contribution in [3.8, 4) is 5.75 Å². The Morgan fingerprint density at radius 2 is 2.12 bits per heavy atom. The molecule has 16 heavy (non-hydrogen) atoms. The highest BCUT2D eigenvalue weighted by molar-refractivity contribution is 5.73. The molecule has 0 saturated heterocycles. The van der Waals surface area contributed by atoms with Crippen LogP contribution in [0, 0.1) is 0 Å². The highest BCUT2D eigenvalue weighted by Crippen LogP contribution is 2.18. The summed E-state index contributed by atoms with van der Waals surface area (Å²) >= 11 is 0. The Morgan fingerprint density at radius 1 is 1.44 bits per heavy atom. The molecule has 0 aliphatic heterocycles. The standard InChI is InChI=1S/C12H18N2O2/c1-14(8-7-12(13)15)9-10-5-3-4-6-11(10)16-2/h3-6H,7-9H2,1-2H3,(H2,13,15). The summed E-state index contributed by atoms with van der Waals surface area (Å²) < 4.78 is 5.25. The van der Waals surface area contributed by atoms with Crippen molar-refractivity contribution in [2.45, 2.75) is 13.0 Å². The van der Waals surface area contributed by atoms with Crippen molar-refractivity contribution < 1.29 is 9.53 Å². The number of hydrogen-bond donors (Lipinski definition) is 1. The molecule has 0 spiro atoms. The van der Waals surface area contributed by atoms with Crippen LogP contribution in [0.3, 0.4) is 0 Å². The van der Waals surface area contributed by atoms with E-state index in [1.165, 1.54) is 0 Å². The normalized spacial score (nSPS) is 10.4. The average Bonchev–Trinajstić information content (AvgIpc) is 2.27. The molecular weight excluding hydrogens is 204 g/mol. The third kappa shape index (κ3) is 3.90. The zero-order chi connectivity index (χ0) is 12.0. The number of nitrogens with two attached hydrogens (primary N) is 1. The number of rotatable bonds is 6. The fourth-order valence-corrected chi connectivity index (χ4v) is 1.50. The summed E-state index contributed by atoms with van der Waals surface area (Å²) in [7, 11) is 3.61. The predicted molar refractivity (Wildman–Crippen MR) is 63.1 cm³/mol. The van der Waals surface area contributed by atoms with E-state index in [2.05, 4.69) is 0 Å². The maximum absolute atomic E-state index is 10.7. The maximum atomic E-state index is 10.7. The van der Waals surface area contributed by atoms with Crippen molar-refractivity contribution in [3.63, 3.8) is 0 Å². The minimum atomic E-state index is -0.271. The maximum Gasteiger partial charge on any atom is 0.218 e. The molecule has 0 unspecified atom stereocenters. The number of amides is 1. The second kappa shape index (κ2) is 6.12. The van der Waals surface area contributed by atoms with Crippen LogP contribution in [0.5, 0.6) is 5.75 Å². The van der Waals surface area contributed by atoms with Crippen LogP contribution in [0.2, 0.25) is 0 Å². The lowest BCUT2D eigenvalue weighted by Gasteiger charge is -2.17. The first-order valence-corrected chi connectivity index (χ1v) is 5.22. The van der Waals surface area contributed by atoms with Crippen LogP contribution >= 0.6 is 0 Å². The lowest BCUT2D eigenvalue weighted by atomic mass is 10.2. The highest BCUT2D eigenvalue weighted by Gasteiger charge is 2.06. The number of para-hydroxylation sites is 1. The Balaban J connectivity index is 2.55. The first-order chi connectivity index (χ1) is 7.63. The van der Waals surface area contributed by atoms with Gasteiger partial charge in [-0.15, -0.1) is 0 Å². The largest absolute Gasteiger partial charge is 0.496 e. The van der Waals surface area contributed by atoms with E-state index >= 15 is 0 Å². The van der Waals surface area contributed by atoms with Gasteiger partial charge in [0.1, 0.15) is 5.75 Å². The SMILES string of the molecule is COc1ccccc1CN(C)CCC(N)=O. The van der Waals surface area contributed by atoms with E-state index in [-0.39, 0.29) is 5.91 Å². The molecule has 0 radical (unpaired) electrons. The topological polar surface area (TPSA) is 55.6 Å². The van der Waals surface area contributed by atoms with Gasteiger partial charge in [0.2, 0.25) is 5.91 Å². The lowest BCUT2D eigenvalue weighted by Crippen LogP contribution is -2.24. The van der Waals surface area contributed by atoms with Gasteiger partial charge in [-0.1, -0.05) is 18.2 Å². The molecule has 1 rings (SSSR count). The summed E-state index contributed by atoms with van der Waals surface area (Å²) in [6, 6.07) is 7.85. The average molecular weight is 222 g/mol. The number of methoxy groups -OCH3 is 1. The second-order valence-corrected chi connectivity index (χ2v) is 3.77. The monoisotopic (exact) mass is 222 g/mol. The van der Waals surface area contributed by atoms with Gasteiger partial charge < -0.3 is 15.4 Å². The summed E-state index contributed by atoms with van der Waals surface area (Å²) in [5.74, 6) is 0.598. The van der Waals surface area contributed by atoms with E-state index in [1.54, 1.807) is 7.11 Å². The molecule has 0 atom stereocenters. The molecular formula is C12H18N2O2. The van der Waals surface area contributed by atoms with E-state index < -0.39 is 0 Å². The van der Waals surface area contributed by atoms with E-state index in [1.807, 2.05) is 36.2 Å². The third-order valence-electron chi connectivity index (χ3n) is 2.37. The number of carbonyl (C=O) groups is 1. The van der Waals surface area contributed by atoms with Crippen molar-refractivity contribution >= 4 is 5.91 Å². The second-order valence-electron chi connectivity index (χ2n) is 3.77. The minimum absolute atomic E-state index is 0.271. The van der Waals surface area contributed by atoms with Crippen LogP contribution in [-0.4, -0.2) is 31.5 Å². The molecule has 0 fully saturated rings. The Hall–Kier alpha value is -1.55. The van der Waals surface area contributed by atoms with Gasteiger partial charge in [0, 0.05) is 25.1 Å². The predicted octanol–water partition coefficient (Wildman–Crippen LogP) is 1.00. The fraction of sp³-hybridized carbons (Fsp3) is 0.417. The van der Waals surface area contributed by atoms with Gasteiger partial charge in [0.25, 0.3) is 0 Å². The van der Waals surface area contributed by atoms with Crippen molar-refractivity contribution in [1.29, 1.82) is 0 Å². The van der Waals surface area contributed by atoms with Crippen molar-refractivity contribution in [1.82, 2.24) is 4.90 Å². The van der Waals surface area contributed by atoms with E-state index in [0.717, 1.165) is 17.9 Å². The Morgan fingerprint density at radius 3 is 2.75 bits per heavy atom. The van der Waals surface area contributed by atoms with Crippen molar-refractivity contribution in [3.05, 3.63) is 29.8 Å². The molecule has 1 amide bonds. The highest BCUT2D eigenvalue weighted by atomic mass is 16.5. The molecule has 0 bridgehead atoms. The van der Waals surface area contributed by atoms with Gasteiger partial charge in [-0.2, -0.15) is 0 Å². The number of carbonyl (C=O) groups excluding carboxylic acids is 1. The summed E-state index contributed by atoms with van der Waals surface area (Å²) in [5.41, 5.74) is 6.21. The van der Waals surface area contributed by atoms with E-state index in [4.69, 9.17) is 10.5 Å². The summed E-state index contributed by atoms with van der Waals surface area (Å²) in [6.45, 7) is 1.41. The number of hydrogen-bond acceptors (Lipinski definition) is 3. The van der Waals surface area contributed by atoms with Crippen LogP contribution in [0.15, 0.2) is 24.3 Å². The summed E-state index contributed by atoms with van der Waals surface area (Å²) in [4.78, 5) is 12.7. The molecule has 4 heteroatoms. The van der Waals surface area contributed by atoms with Crippen LogP contribution in [0.25, 0.3) is 0 Å². The first-order valence-electron chi connectivity index (χ1n) is 5.22. The Kier molecular flexibility index (Phi) is 4.79. The van der Waals surface area contributed by atoms with Gasteiger partial charge in [-0.05, 0) is 13.1 Å². The first kappa shape index (κ1) is 12.5. The lowest BCUT2D eigenvalue weighted by molar-refractivity contribution is -0.118. The molecule has 0 heterocycles. The smallest absolute Gasteiger partial charge is 0.218 e. The molecule has 0 aliphatic carbocycles.